The third kappa shape index (κ3) is 2.75. The van der Waals surface area contributed by atoms with E-state index < -0.39 is 0 Å². The molecule has 2 aromatic rings. The lowest BCUT2D eigenvalue weighted by molar-refractivity contribution is 1.13. The van der Waals surface area contributed by atoms with E-state index in [1.807, 2.05) is 0 Å². The molecule has 2 rings (SSSR count). The zero-order chi connectivity index (χ0) is 12.6. The van der Waals surface area contributed by atoms with E-state index in [1.165, 1.54) is 26.4 Å². The van der Waals surface area contributed by atoms with Gasteiger partial charge in [-0.15, -0.1) is 22.9 Å². The van der Waals surface area contributed by atoms with E-state index >= 15 is 0 Å². The van der Waals surface area contributed by atoms with Gasteiger partial charge in [0.25, 0.3) is 0 Å². The van der Waals surface area contributed by atoms with E-state index in [2.05, 4.69) is 61.0 Å². The first kappa shape index (κ1) is 13.1. The second-order valence-corrected chi connectivity index (χ2v) is 6.85. The van der Waals surface area contributed by atoms with Crippen LogP contribution in [0.25, 0.3) is 0 Å². The van der Waals surface area contributed by atoms with Crippen molar-refractivity contribution in [1.29, 1.82) is 0 Å². The molecule has 17 heavy (non-hydrogen) atoms. The largest absolute Gasteiger partial charge is 0.143 e. The Kier molecular flexibility index (Phi) is 3.96. The van der Waals surface area contributed by atoms with Crippen LogP contribution in [0, 0.1) is 20.8 Å². The van der Waals surface area contributed by atoms with Crippen LogP contribution in [0.15, 0.2) is 28.7 Å². The van der Waals surface area contributed by atoms with Gasteiger partial charge in [0.15, 0.2) is 0 Å². The molecule has 0 fully saturated rings. The van der Waals surface area contributed by atoms with Gasteiger partial charge in [0.1, 0.15) is 0 Å². The van der Waals surface area contributed by atoms with E-state index in [1.54, 1.807) is 11.3 Å². The summed E-state index contributed by atoms with van der Waals surface area (Å²) in [6.45, 7) is 6.31. The Morgan fingerprint density at radius 3 is 2.47 bits per heavy atom. The molecule has 0 nitrogen and oxygen atoms in total. The van der Waals surface area contributed by atoms with Gasteiger partial charge in [-0.3, -0.25) is 0 Å². The molecule has 1 heterocycles. The van der Waals surface area contributed by atoms with Crippen molar-refractivity contribution in [2.24, 2.45) is 0 Å². The molecular formula is C14H14BrClS. The SMILES string of the molecule is Cc1ccc(C)c(C(Cl)c2cc(Br)c(C)s2)c1. The van der Waals surface area contributed by atoms with E-state index in [0.29, 0.717) is 0 Å². The van der Waals surface area contributed by atoms with Crippen LogP contribution in [0.4, 0.5) is 0 Å². The van der Waals surface area contributed by atoms with Crippen molar-refractivity contribution < 1.29 is 0 Å². The fourth-order valence-electron chi connectivity index (χ4n) is 1.79. The summed E-state index contributed by atoms with van der Waals surface area (Å²) < 4.78 is 1.15. The Balaban J connectivity index is 2.42. The summed E-state index contributed by atoms with van der Waals surface area (Å²) >= 11 is 11.9. The number of hydrogen-bond acceptors (Lipinski definition) is 1. The maximum atomic E-state index is 6.58. The van der Waals surface area contributed by atoms with Crippen LogP contribution in [-0.4, -0.2) is 0 Å². The predicted octanol–water partition coefficient (Wildman–Crippen LogP) is 5.76. The maximum Gasteiger partial charge on any atom is 0.0930 e. The molecule has 0 N–H and O–H groups in total. The summed E-state index contributed by atoms with van der Waals surface area (Å²) in [7, 11) is 0. The standard InChI is InChI=1S/C14H14BrClS/c1-8-4-5-9(2)11(6-8)14(16)13-7-12(15)10(3)17-13/h4-7,14H,1-3H3. The summed E-state index contributed by atoms with van der Waals surface area (Å²) in [5, 5.41) is -0.0510. The number of rotatable bonds is 2. The Hall–Kier alpha value is -0.310. The summed E-state index contributed by atoms with van der Waals surface area (Å²) in [6, 6.07) is 8.56. The zero-order valence-corrected chi connectivity index (χ0v) is 13.2. The number of benzene rings is 1. The fourth-order valence-corrected chi connectivity index (χ4v) is 3.78. The Bertz CT molecular complexity index is 526. The normalized spacial score (nSPS) is 12.8. The molecule has 0 aliphatic rings. The average Bonchev–Trinajstić information content (AvgIpc) is 2.62. The van der Waals surface area contributed by atoms with E-state index in [-0.39, 0.29) is 5.38 Å². The smallest absolute Gasteiger partial charge is 0.0930 e. The summed E-state index contributed by atoms with van der Waals surface area (Å²) in [4.78, 5) is 2.47. The van der Waals surface area contributed by atoms with Crippen molar-refractivity contribution in [3.63, 3.8) is 0 Å². The monoisotopic (exact) mass is 328 g/mol. The highest BCUT2D eigenvalue weighted by Gasteiger charge is 2.16. The van der Waals surface area contributed by atoms with E-state index in [0.717, 1.165) is 4.47 Å². The number of aryl methyl sites for hydroxylation is 3. The average molecular weight is 330 g/mol. The molecule has 1 unspecified atom stereocenters. The molecule has 3 heteroatoms. The molecule has 0 spiro atoms. The van der Waals surface area contributed by atoms with Gasteiger partial charge in [0, 0.05) is 14.2 Å². The number of hydrogen-bond donors (Lipinski definition) is 0. The molecule has 0 aliphatic carbocycles. The first-order chi connectivity index (χ1) is 7.99. The van der Waals surface area contributed by atoms with E-state index in [9.17, 15) is 0 Å². The molecule has 1 aromatic carbocycles. The third-order valence-corrected chi connectivity index (χ3v) is 5.63. The molecule has 1 aromatic heterocycles. The van der Waals surface area contributed by atoms with Gasteiger partial charge in [-0.25, -0.2) is 0 Å². The number of halogens is 2. The van der Waals surface area contributed by atoms with Crippen LogP contribution < -0.4 is 0 Å². The first-order valence-electron chi connectivity index (χ1n) is 5.46. The van der Waals surface area contributed by atoms with Crippen molar-refractivity contribution >= 4 is 38.9 Å². The number of alkyl halides is 1. The molecule has 0 amide bonds. The fraction of sp³-hybridized carbons (Fsp3) is 0.286. The van der Waals surface area contributed by atoms with Crippen molar-refractivity contribution in [2.45, 2.75) is 26.1 Å². The van der Waals surface area contributed by atoms with Crippen molar-refractivity contribution in [3.05, 3.63) is 55.2 Å². The highest BCUT2D eigenvalue weighted by molar-refractivity contribution is 9.10. The van der Waals surface area contributed by atoms with Gasteiger partial charge in [-0.2, -0.15) is 0 Å². The van der Waals surface area contributed by atoms with Gasteiger partial charge < -0.3 is 0 Å². The van der Waals surface area contributed by atoms with Crippen LogP contribution in [0.1, 0.15) is 31.8 Å². The zero-order valence-electron chi connectivity index (χ0n) is 10.1. The Morgan fingerprint density at radius 2 is 1.88 bits per heavy atom. The second kappa shape index (κ2) is 5.13. The molecule has 0 aliphatic heterocycles. The van der Waals surface area contributed by atoms with Crippen LogP contribution >= 0.6 is 38.9 Å². The lowest BCUT2D eigenvalue weighted by Crippen LogP contribution is -1.94. The van der Waals surface area contributed by atoms with Crippen LogP contribution in [0.5, 0.6) is 0 Å². The quantitative estimate of drug-likeness (QED) is 0.614. The third-order valence-electron chi connectivity index (χ3n) is 2.83. The van der Waals surface area contributed by atoms with Gasteiger partial charge >= 0.3 is 0 Å². The van der Waals surface area contributed by atoms with Crippen LogP contribution in [0.3, 0.4) is 0 Å². The second-order valence-electron chi connectivity index (χ2n) is 4.28. The van der Waals surface area contributed by atoms with E-state index in [4.69, 9.17) is 11.6 Å². The lowest BCUT2D eigenvalue weighted by Gasteiger charge is -2.12. The Morgan fingerprint density at radius 1 is 1.18 bits per heavy atom. The molecule has 90 valence electrons. The minimum atomic E-state index is -0.0510. The van der Waals surface area contributed by atoms with Gasteiger partial charge in [0.2, 0.25) is 0 Å². The minimum Gasteiger partial charge on any atom is -0.143 e. The molecule has 0 saturated carbocycles. The molecule has 0 radical (unpaired) electrons. The topological polar surface area (TPSA) is 0 Å². The van der Waals surface area contributed by atoms with Crippen LogP contribution in [0.2, 0.25) is 0 Å². The highest BCUT2D eigenvalue weighted by Crippen LogP contribution is 2.38. The molecular weight excluding hydrogens is 316 g/mol. The highest BCUT2D eigenvalue weighted by atomic mass is 79.9. The summed E-state index contributed by atoms with van der Waals surface area (Å²) in [5.41, 5.74) is 3.71. The van der Waals surface area contributed by atoms with Crippen LogP contribution in [-0.2, 0) is 0 Å². The molecule has 0 saturated heterocycles. The van der Waals surface area contributed by atoms with Crippen molar-refractivity contribution in [2.75, 3.05) is 0 Å². The van der Waals surface area contributed by atoms with Crippen molar-refractivity contribution in [1.82, 2.24) is 0 Å². The molecule has 0 bridgehead atoms. The maximum absolute atomic E-state index is 6.58. The van der Waals surface area contributed by atoms with Gasteiger partial charge in [-0.05, 0) is 53.9 Å². The van der Waals surface area contributed by atoms with Gasteiger partial charge in [-0.1, -0.05) is 23.8 Å². The first-order valence-corrected chi connectivity index (χ1v) is 7.50. The van der Waals surface area contributed by atoms with Gasteiger partial charge in [0.05, 0.1) is 5.38 Å². The predicted molar refractivity (Wildman–Crippen MR) is 80.4 cm³/mol. The minimum absolute atomic E-state index is 0.0510. The molecule has 1 atom stereocenters. The summed E-state index contributed by atoms with van der Waals surface area (Å²) in [6.07, 6.45) is 0. The number of thiophene rings is 1. The summed E-state index contributed by atoms with van der Waals surface area (Å²) in [5.74, 6) is 0. The Labute approximate surface area is 120 Å². The van der Waals surface area contributed by atoms with Crippen molar-refractivity contribution in [3.8, 4) is 0 Å². The lowest BCUT2D eigenvalue weighted by atomic mass is 10.0.